The fourth-order valence-electron chi connectivity index (χ4n) is 5.47. The number of carbonyl (C=O) groups excluding carboxylic acids is 3. The molecule has 10 heteroatoms. The van der Waals surface area contributed by atoms with Crippen molar-refractivity contribution in [2.75, 3.05) is 13.1 Å². The average molecular weight is 462 g/mol. The Morgan fingerprint density at radius 2 is 1.97 bits per heavy atom. The summed E-state index contributed by atoms with van der Waals surface area (Å²) in [6.45, 7) is -0.360. The molecule has 1 saturated carbocycles. The molecule has 2 saturated heterocycles. The molecule has 0 spiro atoms. The molecule has 1 aromatic rings. The number of Topliss-reactive ketones (excluding diaryl/α,β-unsaturated/α-hetero) is 1. The summed E-state index contributed by atoms with van der Waals surface area (Å²) < 4.78 is 27.4. The Kier molecular flexibility index (Phi) is 6.35. The molecular weight excluding hydrogens is 432 g/mol. The Bertz CT molecular complexity index is 993. The number of hydrogen-bond donors (Lipinski definition) is 1. The molecule has 1 aromatic heterocycles. The van der Waals surface area contributed by atoms with Crippen LogP contribution in [-0.2, 0) is 30.2 Å². The second-order valence-electron chi connectivity index (χ2n) is 8.95. The van der Waals surface area contributed by atoms with E-state index in [1.54, 1.807) is 18.6 Å². The molecule has 0 aromatic carbocycles. The third-order valence-electron chi connectivity index (χ3n) is 7.03. The summed E-state index contributed by atoms with van der Waals surface area (Å²) >= 11 is 0. The predicted octanol–water partition coefficient (Wildman–Crippen LogP) is 0.796. The Hall–Kier alpha value is -2.33. The van der Waals surface area contributed by atoms with E-state index in [-0.39, 0.29) is 18.7 Å². The number of ketones is 1. The lowest BCUT2D eigenvalue weighted by Gasteiger charge is -2.34. The maximum Gasteiger partial charge on any atom is 0.252 e. The van der Waals surface area contributed by atoms with Gasteiger partial charge in [0.1, 0.15) is 0 Å². The van der Waals surface area contributed by atoms with Gasteiger partial charge in [-0.2, -0.15) is 4.31 Å². The van der Waals surface area contributed by atoms with Crippen molar-refractivity contribution in [3.8, 4) is 0 Å². The summed E-state index contributed by atoms with van der Waals surface area (Å²) in [5.74, 6) is -1.95. The van der Waals surface area contributed by atoms with Crippen LogP contribution in [0.1, 0.15) is 50.5 Å². The van der Waals surface area contributed by atoms with Crippen LogP contribution in [0.2, 0.25) is 0 Å². The van der Waals surface area contributed by atoms with Crippen molar-refractivity contribution < 1.29 is 22.8 Å². The minimum Gasteiger partial charge on any atom is -0.367 e. The highest BCUT2D eigenvalue weighted by Crippen LogP contribution is 2.42. The molecule has 2 amide bonds. The summed E-state index contributed by atoms with van der Waals surface area (Å²) in [6.07, 6.45) is 10.9. The number of nitrogens with two attached hydrogens (primary N) is 1. The molecule has 2 N–H and O–H groups in total. The fraction of sp³-hybridized carbons (Fsp3) is 0.591. The van der Waals surface area contributed by atoms with E-state index in [1.165, 1.54) is 23.7 Å². The first kappa shape index (κ1) is 22.8. The normalized spacial score (nSPS) is 26.9. The molecule has 9 nitrogen and oxygen atoms in total. The number of fused-ring (bicyclic) bond motifs is 1. The highest BCUT2D eigenvalue weighted by Gasteiger charge is 2.68. The van der Waals surface area contributed by atoms with E-state index >= 15 is 0 Å². The van der Waals surface area contributed by atoms with Gasteiger partial charge in [0, 0.05) is 18.9 Å². The van der Waals surface area contributed by atoms with Crippen molar-refractivity contribution in [2.45, 2.75) is 62.3 Å². The number of likely N-dealkylation sites (tertiary alicyclic amines) is 1. The first-order valence-electron chi connectivity index (χ1n) is 11.1. The molecular formula is C22H29N4O5S. The quantitative estimate of drug-likeness (QED) is 0.598. The second-order valence-corrected chi connectivity index (χ2v) is 10.9. The van der Waals surface area contributed by atoms with Gasteiger partial charge in [-0.25, -0.2) is 8.42 Å². The van der Waals surface area contributed by atoms with Crippen LogP contribution in [0.5, 0.6) is 0 Å². The van der Waals surface area contributed by atoms with Crippen LogP contribution in [0.15, 0.2) is 24.5 Å². The minimum atomic E-state index is -3.93. The Balaban J connectivity index is 1.55. The van der Waals surface area contributed by atoms with Gasteiger partial charge >= 0.3 is 0 Å². The smallest absolute Gasteiger partial charge is 0.252 e. The average Bonchev–Trinajstić information content (AvgIpc) is 3.31. The number of sulfonamides is 1. The maximum atomic E-state index is 13.1. The monoisotopic (exact) mass is 461 g/mol. The van der Waals surface area contributed by atoms with Crippen molar-refractivity contribution >= 4 is 27.6 Å². The molecule has 4 rings (SSSR count). The molecule has 1 radical (unpaired) electrons. The van der Waals surface area contributed by atoms with Gasteiger partial charge in [0.2, 0.25) is 15.9 Å². The van der Waals surface area contributed by atoms with Crippen molar-refractivity contribution in [3.63, 3.8) is 0 Å². The number of amides is 2. The lowest BCUT2D eigenvalue weighted by atomic mass is 9.85. The molecule has 173 valence electrons. The van der Waals surface area contributed by atoms with E-state index in [2.05, 4.69) is 4.98 Å². The van der Waals surface area contributed by atoms with Gasteiger partial charge in [-0.1, -0.05) is 38.2 Å². The summed E-state index contributed by atoms with van der Waals surface area (Å²) in [7, 11) is -3.93. The third kappa shape index (κ3) is 3.94. The number of carbonyl (C=O) groups is 3. The highest BCUT2D eigenvalue weighted by molar-refractivity contribution is 7.88. The summed E-state index contributed by atoms with van der Waals surface area (Å²) in [6, 6.07) is 2.28. The first-order chi connectivity index (χ1) is 15.3. The van der Waals surface area contributed by atoms with Gasteiger partial charge in [0.25, 0.3) is 5.91 Å². The number of nitrogens with zero attached hydrogens (tertiary/aromatic N) is 3. The predicted molar refractivity (Wildman–Crippen MR) is 116 cm³/mol. The molecule has 0 bridgehead atoms. The van der Waals surface area contributed by atoms with E-state index in [1.807, 2.05) is 0 Å². The SMILES string of the molecule is NC(=O)C12C(=O)CN(S(=O)(=O)Cc3cccnc3)C1CCN2C(=O)[CH]CC1CCCCC1. The molecule has 32 heavy (non-hydrogen) atoms. The zero-order chi connectivity index (χ0) is 22.9. The zero-order valence-electron chi connectivity index (χ0n) is 18.0. The van der Waals surface area contributed by atoms with E-state index in [4.69, 9.17) is 5.73 Å². The largest absolute Gasteiger partial charge is 0.367 e. The van der Waals surface area contributed by atoms with Crippen LogP contribution in [0.3, 0.4) is 0 Å². The third-order valence-corrected chi connectivity index (χ3v) is 8.82. The van der Waals surface area contributed by atoms with E-state index in [0.717, 1.165) is 30.0 Å². The Morgan fingerprint density at radius 1 is 1.22 bits per heavy atom. The van der Waals surface area contributed by atoms with Gasteiger partial charge in [0.15, 0.2) is 11.3 Å². The number of aromatic nitrogens is 1. The zero-order valence-corrected chi connectivity index (χ0v) is 18.8. The first-order valence-corrected chi connectivity index (χ1v) is 12.7. The number of hydrogen-bond acceptors (Lipinski definition) is 6. The number of primary amides is 1. The summed E-state index contributed by atoms with van der Waals surface area (Å²) in [5.41, 5.74) is 4.22. The molecule has 3 aliphatic rings. The number of pyridine rings is 1. The second kappa shape index (κ2) is 8.90. The molecule has 1 aliphatic carbocycles. The Morgan fingerprint density at radius 3 is 2.62 bits per heavy atom. The van der Waals surface area contributed by atoms with Crippen LogP contribution in [0.4, 0.5) is 0 Å². The fourth-order valence-corrected chi connectivity index (χ4v) is 7.18. The van der Waals surface area contributed by atoms with Crippen LogP contribution in [0, 0.1) is 12.3 Å². The molecule has 2 atom stereocenters. The van der Waals surface area contributed by atoms with E-state index in [9.17, 15) is 22.8 Å². The van der Waals surface area contributed by atoms with Crippen molar-refractivity contribution in [2.24, 2.45) is 11.7 Å². The van der Waals surface area contributed by atoms with Gasteiger partial charge in [-0.3, -0.25) is 19.4 Å². The topological polar surface area (TPSA) is 131 Å². The highest BCUT2D eigenvalue weighted by atomic mass is 32.2. The Labute approximate surface area is 188 Å². The number of rotatable bonds is 7. The van der Waals surface area contributed by atoms with Crippen LogP contribution < -0.4 is 5.73 Å². The van der Waals surface area contributed by atoms with Gasteiger partial charge in [0.05, 0.1) is 24.8 Å². The molecule has 3 fully saturated rings. The van der Waals surface area contributed by atoms with Crippen molar-refractivity contribution in [1.29, 1.82) is 0 Å². The van der Waals surface area contributed by atoms with Gasteiger partial charge in [-0.15, -0.1) is 0 Å². The van der Waals surface area contributed by atoms with E-state index in [0.29, 0.717) is 17.9 Å². The van der Waals surface area contributed by atoms with Gasteiger partial charge in [-0.05, 0) is 30.4 Å². The lowest BCUT2D eigenvalue weighted by molar-refractivity contribution is -0.147. The lowest BCUT2D eigenvalue weighted by Crippen LogP contribution is -2.64. The minimum absolute atomic E-state index is 0.109. The van der Waals surface area contributed by atoms with Crippen LogP contribution in [-0.4, -0.2) is 64.9 Å². The van der Waals surface area contributed by atoms with Crippen molar-refractivity contribution in [3.05, 3.63) is 36.5 Å². The summed E-state index contributed by atoms with van der Waals surface area (Å²) in [4.78, 5) is 44.0. The maximum absolute atomic E-state index is 13.1. The van der Waals surface area contributed by atoms with Gasteiger partial charge < -0.3 is 10.6 Å². The van der Waals surface area contributed by atoms with Crippen molar-refractivity contribution in [1.82, 2.24) is 14.2 Å². The summed E-state index contributed by atoms with van der Waals surface area (Å²) in [5, 5.41) is 0. The standard InChI is InChI=1S/C22H29N4O5S/c23-21(29)22-18(10-12-25(22)20(28)9-8-16-5-2-1-3-6-16)26(14-19(22)27)32(30,31)15-17-7-4-11-24-13-17/h4,7,9,11,13,16,18H,1-3,5-6,8,10,12,14-15H2,(H2,23,29). The van der Waals surface area contributed by atoms with E-state index < -0.39 is 45.7 Å². The molecule has 2 aliphatic heterocycles. The molecule has 2 unspecified atom stereocenters. The van der Waals surface area contributed by atoms with Crippen LogP contribution >= 0.6 is 0 Å². The molecule has 3 heterocycles. The van der Waals surface area contributed by atoms with Crippen LogP contribution in [0.25, 0.3) is 0 Å².